The van der Waals surface area contributed by atoms with E-state index in [1.807, 2.05) is 25.1 Å². The molecule has 12 heteroatoms. The maximum Gasteiger partial charge on any atom is 0.296 e. The minimum atomic E-state index is -0.565. The van der Waals surface area contributed by atoms with E-state index in [1.54, 1.807) is 79.3 Å². The van der Waals surface area contributed by atoms with Gasteiger partial charge in [-0.2, -0.15) is 0 Å². The molecule has 1 N–H and O–H groups in total. The smallest absolute Gasteiger partial charge is 0.296 e. The van der Waals surface area contributed by atoms with Crippen molar-refractivity contribution in [2.24, 2.45) is 7.05 Å². The summed E-state index contributed by atoms with van der Waals surface area (Å²) in [5.74, 6) is -0.793. The van der Waals surface area contributed by atoms with Crippen molar-refractivity contribution in [1.82, 2.24) is 9.36 Å². The summed E-state index contributed by atoms with van der Waals surface area (Å²) in [4.78, 5) is 57.3. The first-order valence-electron chi connectivity index (χ1n) is 13.8. The van der Waals surface area contributed by atoms with Gasteiger partial charge in [0.05, 0.1) is 34.2 Å². The van der Waals surface area contributed by atoms with Crippen LogP contribution in [0, 0.1) is 6.92 Å². The van der Waals surface area contributed by atoms with Crippen LogP contribution in [0.25, 0.3) is 11.3 Å². The Morgan fingerprint density at radius 2 is 1.61 bits per heavy atom. The van der Waals surface area contributed by atoms with Gasteiger partial charge in [0.15, 0.2) is 4.32 Å². The van der Waals surface area contributed by atoms with Crippen molar-refractivity contribution in [2.75, 3.05) is 28.3 Å². The third kappa shape index (κ3) is 4.91. The van der Waals surface area contributed by atoms with Crippen molar-refractivity contribution in [1.29, 1.82) is 0 Å². The van der Waals surface area contributed by atoms with Crippen LogP contribution < -0.4 is 25.4 Å². The molecule has 6 rings (SSSR count). The van der Waals surface area contributed by atoms with Crippen LogP contribution >= 0.6 is 24.0 Å². The van der Waals surface area contributed by atoms with Gasteiger partial charge in [-0.15, -0.1) is 0 Å². The van der Waals surface area contributed by atoms with Crippen molar-refractivity contribution < 1.29 is 19.1 Å². The zero-order chi connectivity index (χ0) is 31.1. The lowest BCUT2D eigenvalue weighted by Gasteiger charge is -2.17. The molecular formula is C32H27N5O5S2. The highest BCUT2D eigenvalue weighted by Crippen LogP contribution is 2.45. The topological polar surface area (TPSA) is 106 Å². The maximum absolute atomic E-state index is 14.0. The Morgan fingerprint density at radius 3 is 2.32 bits per heavy atom. The number of benzene rings is 3. The highest BCUT2D eigenvalue weighted by molar-refractivity contribution is 8.27. The molecular weight excluding hydrogens is 599 g/mol. The molecule has 2 aliphatic heterocycles. The first kappa shape index (κ1) is 29.1. The van der Waals surface area contributed by atoms with E-state index in [1.165, 1.54) is 14.5 Å². The molecule has 0 bridgehead atoms. The number of thiocarbonyl (C=S) groups is 1. The normalized spacial score (nSPS) is 16.1. The Balaban J connectivity index is 1.32. The zero-order valence-corrected chi connectivity index (χ0v) is 25.7. The van der Waals surface area contributed by atoms with Crippen molar-refractivity contribution >= 4 is 68.7 Å². The second kappa shape index (κ2) is 11.6. The van der Waals surface area contributed by atoms with Gasteiger partial charge in [-0.25, -0.2) is 4.68 Å². The van der Waals surface area contributed by atoms with Gasteiger partial charge in [-0.05, 0) is 56.3 Å². The molecule has 4 aromatic rings. The number of nitrogens with one attached hydrogen (secondary N) is 1. The number of nitrogens with zero attached hydrogens (tertiary/aromatic N) is 4. The molecule has 44 heavy (non-hydrogen) atoms. The van der Waals surface area contributed by atoms with Crippen molar-refractivity contribution in [3.63, 3.8) is 0 Å². The van der Waals surface area contributed by atoms with Gasteiger partial charge < -0.3 is 10.1 Å². The number of anilines is 3. The number of rotatable bonds is 7. The number of fused-ring (bicyclic) bond motifs is 1. The number of hydrogen-bond acceptors (Lipinski definition) is 7. The molecule has 0 atom stereocenters. The monoisotopic (exact) mass is 625 g/mol. The van der Waals surface area contributed by atoms with Gasteiger partial charge in [0.1, 0.15) is 18.0 Å². The molecule has 3 heterocycles. The number of thioether (sulfide) groups is 1. The Morgan fingerprint density at radius 1 is 0.932 bits per heavy atom. The molecule has 0 aliphatic carbocycles. The molecule has 1 saturated heterocycles. The highest BCUT2D eigenvalue weighted by Gasteiger charge is 2.44. The van der Waals surface area contributed by atoms with E-state index < -0.39 is 23.3 Å². The lowest BCUT2D eigenvalue weighted by Crippen LogP contribution is -2.36. The largest absolute Gasteiger partial charge is 0.494 e. The average molecular weight is 626 g/mol. The van der Waals surface area contributed by atoms with E-state index in [4.69, 9.17) is 17.0 Å². The Labute approximate surface area is 262 Å². The van der Waals surface area contributed by atoms with Crippen molar-refractivity contribution in [3.8, 4) is 11.4 Å². The van der Waals surface area contributed by atoms with Gasteiger partial charge in [0.2, 0.25) is 5.91 Å². The second-order valence-corrected chi connectivity index (χ2v) is 11.7. The lowest BCUT2D eigenvalue weighted by atomic mass is 10.1. The van der Waals surface area contributed by atoms with E-state index in [9.17, 15) is 19.2 Å². The fourth-order valence-electron chi connectivity index (χ4n) is 5.33. The summed E-state index contributed by atoms with van der Waals surface area (Å²) in [5.41, 5.74) is 2.60. The summed E-state index contributed by atoms with van der Waals surface area (Å²) in [7, 11) is 1.73. The number of hydrogen-bond donors (Lipinski definition) is 1. The third-order valence-corrected chi connectivity index (χ3v) is 8.79. The molecule has 1 fully saturated rings. The van der Waals surface area contributed by atoms with E-state index in [0.717, 1.165) is 11.8 Å². The number of carbonyl (C=O) groups is 3. The van der Waals surface area contributed by atoms with Crippen LogP contribution in [-0.4, -0.2) is 44.6 Å². The Bertz CT molecular complexity index is 1930. The molecule has 0 spiro atoms. The lowest BCUT2D eigenvalue weighted by molar-refractivity contribution is -0.118. The second-order valence-electron chi connectivity index (χ2n) is 10.0. The fourth-order valence-corrected chi connectivity index (χ4v) is 6.67. The SMILES string of the molecule is CCOc1ccc(NC(=O)CN2C(=O)/C(=C3\SC(=S)N(c4c(C)n(C)n(-c5ccccc5)c4=O)C3=O)c3ccccc32)cc1. The van der Waals surface area contributed by atoms with E-state index >= 15 is 0 Å². The van der Waals surface area contributed by atoms with Crippen LogP contribution in [0.1, 0.15) is 18.2 Å². The van der Waals surface area contributed by atoms with Crippen LogP contribution in [-0.2, 0) is 21.4 Å². The Hall–Kier alpha value is -4.94. The first-order valence-corrected chi connectivity index (χ1v) is 15.0. The number of amides is 3. The quantitative estimate of drug-likeness (QED) is 0.236. The highest BCUT2D eigenvalue weighted by atomic mass is 32.2. The van der Waals surface area contributed by atoms with Gasteiger partial charge in [0, 0.05) is 18.3 Å². The summed E-state index contributed by atoms with van der Waals surface area (Å²) in [6, 6.07) is 23.0. The average Bonchev–Trinajstić information content (AvgIpc) is 3.54. The predicted octanol–water partition coefficient (Wildman–Crippen LogP) is 4.64. The van der Waals surface area contributed by atoms with Gasteiger partial charge in [0.25, 0.3) is 17.4 Å². The molecule has 10 nitrogen and oxygen atoms in total. The van der Waals surface area contributed by atoms with Gasteiger partial charge >= 0.3 is 0 Å². The number of para-hydroxylation sites is 2. The molecule has 0 saturated carbocycles. The molecule has 222 valence electrons. The number of ether oxygens (including phenoxy) is 1. The Kier molecular flexibility index (Phi) is 7.70. The summed E-state index contributed by atoms with van der Waals surface area (Å²) in [5, 5.41) is 2.81. The molecule has 3 aromatic carbocycles. The predicted molar refractivity (Wildman–Crippen MR) is 175 cm³/mol. The van der Waals surface area contributed by atoms with E-state index in [2.05, 4.69) is 5.32 Å². The molecule has 0 radical (unpaired) electrons. The number of carbonyl (C=O) groups excluding carboxylic acids is 3. The van der Waals surface area contributed by atoms with Gasteiger partial charge in [-0.3, -0.25) is 33.7 Å². The van der Waals surface area contributed by atoms with Crippen LogP contribution in [0.5, 0.6) is 5.75 Å². The molecule has 1 aromatic heterocycles. The molecule has 0 unspecified atom stereocenters. The summed E-state index contributed by atoms with van der Waals surface area (Å²) in [6.07, 6.45) is 0. The van der Waals surface area contributed by atoms with E-state index in [0.29, 0.717) is 40.7 Å². The minimum Gasteiger partial charge on any atom is -0.494 e. The first-order chi connectivity index (χ1) is 21.2. The maximum atomic E-state index is 14.0. The zero-order valence-electron chi connectivity index (χ0n) is 24.1. The van der Waals surface area contributed by atoms with Crippen LogP contribution in [0.15, 0.2) is 88.6 Å². The summed E-state index contributed by atoms with van der Waals surface area (Å²) in [6.45, 7) is 3.88. The van der Waals surface area contributed by atoms with Crippen molar-refractivity contribution in [3.05, 3.63) is 105 Å². The molecule has 3 amide bonds. The molecule has 2 aliphatic rings. The van der Waals surface area contributed by atoms with Crippen LogP contribution in [0.3, 0.4) is 0 Å². The van der Waals surface area contributed by atoms with Gasteiger partial charge in [-0.1, -0.05) is 60.4 Å². The summed E-state index contributed by atoms with van der Waals surface area (Å²) >= 11 is 6.58. The third-order valence-electron chi connectivity index (χ3n) is 7.42. The van der Waals surface area contributed by atoms with Crippen LogP contribution in [0.4, 0.5) is 17.1 Å². The fraction of sp³-hybridized carbons (Fsp3) is 0.156. The van der Waals surface area contributed by atoms with Crippen molar-refractivity contribution in [2.45, 2.75) is 13.8 Å². The summed E-state index contributed by atoms with van der Waals surface area (Å²) < 4.78 is 8.72. The van der Waals surface area contributed by atoms with E-state index in [-0.39, 0.29) is 27.0 Å². The minimum absolute atomic E-state index is 0.107. The standard InChI is InChI=1S/C32H27N5O5S2/c1-4-42-22-16-14-20(15-17-22)33-25(38)18-35-24-13-9-8-12-23(24)26(29(35)39)28-31(41)36(32(43)44-28)27-19(2)34(3)37(30(27)40)21-10-6-5-7-11-21/h5-17H,4,18H2,1-3H3,(H,33,38)/b28-26-. The van der Waals surface area contributed by atoms with Crippen LogP contribution in [0.2, 0.25) is 0 Å². The number of aromatic nitrogens is 2.